The number of alkyl carbamates (subject to hydrolysis) is 1. The van der Waals surface area contributed by atoms with Gasteiger partial charge < -0.3 is 43.2 Å². The maximum Gasteiger partial charge on any atom is 0.407 e. The normalized spacial score (nSPS) is 14.1. The number of hydrogen-bond acceptors (Lipinski definition) is 10. The monoisotopic (exact) mass is 777 g/mol. The van der Waals surface area contributed by atoms with Crippen LogP contribution in [0.1, 0.15) is 43.2 Å². The Labute approximate surface area is 318 Å². The Morgan fingerprint density at radius 2 is 1.40 bits per heavy atom. The van der Waals surface area contributed by atoms with Gasteiger partial charge in [-0.3, -0.25) is 4.79 Å². The molecule has 2 N–H and O–H groups in total. The number of rotatable bonds is 31. The highest BCUT2D eigenvalue weighted by Crippen LogP contribution is 2.42. The van der Waals surface area contributed by atoms with Gasteiger partial charge in [-0.25, -0.2) is 4.79 Å². The molecule has 1 aromatic rings. The largest absolute Gasteiger partial charge is 0.455 e. The van der Waals surface area contributed by atoms with E-state index in [0.717, 1.165) is 30.5 Å². The van der Waals surface area contributed by atoms with Crippen LogP contribution < -0.4 is 10.6 Å². The highest BCUT2D eigenvalue weighted by Gasteiger charge is 2.32. The first kappa shape index (κ1) is 46.1. The van der Waals surface area contributed by atoms with Crippen molar-refractivity contribution in [3.63, 3.8) is 0 Å². The van der Waals surface area contributed by atoms with Gasteiger partial charge in [0.25, 0.3) is 0 Å². The van der Waals surface area contributed by atoms with Crippen LogP contribution in [-0.2, 0) is 37.3 Å². The fraction of sp³-hybridized carbons (Fsp3) is 0.676. The first-order chi connectivity index (χ1) is 25.5. The average Bonchev–Trinajstić information content (AvgIpc) is 3.39. The highest BCUT2D eigenvalue weighted by atomic mass is 28.4. The lowest BCUT2D eigenvalue weighted by atomic mass is 9.97. The molecule has 53 heavy (non-hydrogen) atoms. The van der Waals surface area contributed by atoms with E-state index in [-0.39, 0.29) is 18.4 Å². The number of fused-ring (bicyclic) bond motifs is 1. The molecule has 16 heteroatoms. The zero-order chi connectivity index (χ0) is 38.8. The zero-order valence-corrected chi connectivity index (χ0v) is 34.6. The fourth-order valence-corrected chi connectivity index (χ4v) is 15.0. The molecule has 1 aromatic carbocycles. The number of amides is 2. The Morgan fingerprint density at radius 1 is 0.830 bits per heavy atom. The van der Waals surface area contributed by atoms with Gasteiger partial charge in [-0.2, -0.15) is 0 Å². The third-order valence-corrected chi connectivity index (χ3v) is 16.1. The number of carbonyl (C=O) groups excluding carboxylic acids is 2. The van der Waals surface area contributed by atoms with E-state index in [1.807, 2.05) is 18.2 Å². The predicted molar refractivity (Wildman–Crippen MR) is 212 cm³/mol. The molecule has 0 radical (unpaired) electrons. The van der Waals surface area contributed by atoms with Crippen LogP contribution in [0, 0.1) is 0 Å². The maximum absolute atomic E-state index is 12.5. The smallest absolute Gasteiger partial charge is 0.407 e. The van der Waals surface area contributed by atoms with Crippen LogP contribution in [0.3, 0.4) is 0 Å². The van der Waals surface area contributed by atoms with Gasteiger partial charge in [0.15, 0.2) is 16.6 Å². The molecular formula is C37H63N5O9Si2. The molecule has 2 amide bonds. The van der Waals surface area contributed by atoms with Crippen LogP contribution in [0.15, 0.2) is 47.6 Å². The average molecular weight is 778 g/mol. The molecule has 1 aliphatic carbocycles. The number of ether oxygens (including phenoxy) is 6. The summed E-state index contributed by atoms with van der Waals surface area (Å²) < 4.78 is 39.4. The van der Waals surface area contributed by atoms with Crippen LogP contribution in [0.5, 0.6) is 0 Å². The summed E-state index contributed by atoms with van der Waals surface area (Å²) in [7, 11) is -3.90. The minimum absolute atomic E-state index is 0.0101. The van der Waals surface area contributed by atoms with Crippen molar-refractivity contribution in [3.05, 3.63) is 64.1 Å². The van der Waals surface area contributed by atoms with E-state index in [1.54, 1.807) is 0 Å². The number of hydrogen-bond donors (Lipinski definition) is 2. The maximum atomic E-state index is 12.5. The lowest BCUT2D eigenvalue weighted by Crippen LogP contribution is -2.44. The molecule has 1 unspecified atom stereocenters. The molecule has 0 saturated heterocycles. The third-order valence-electron chi connectivity index (χ3n) is 8.57. The number of allylic oxidation sites excluding steroid dienone is 2. The van der Waals surface area contributed by atoms with Crippen molar-refractivity contribution in [1.29, 1.82) is 0 Å². The van der Waals surface area contributed by atoms with Gasteiger partial charge in [-0.1, -0.05) is 42.0 Å². The standard InChI is InChI=1S/C37H63N5O9Si2/c1-7-32-31(2)33-12-8-9-13-34(33)35(32)30-50-37(44)40-15-11-29-53(5,6)51-52(3,4)28-10-14-36(43)39-16-18-45-20-22-47-24-26-49-27-25-48-23-21-46-19-17-41-42-38/h7-9,12-13,35H,1,10-11,14-30H2,2-6H3,(H,39,43)(H,40,44). The second-order valence-corrected chi connectivity index (χ2v) is 22.7. The van der Waals surface area contributed by atoms with Gasteiger partial charge in [-0.15, -0.1) is 0 Å². The summed E-state index contributed by atoms with van der Waals surface area (Å²) in [6.07, 6.45) is 3.54. The summed E-state index contributed by atoms with van der Waals surface area (Å²) in [5.74, 6) is 0.0306. The molecule has 0 heterocycles. The van der Waals surface area contributed by atoms with Crippen LogP contribution >= 0.6 is 0 Å². The quantitative estimate of drug-likeness (QED) is 0.0278. The molecule has 1 aliphatic rings. The minimum Gasteiger partial charge on any atom is -0.455 e. The molecule has 1 atom stereocenters. The number of nitrogens with zero attached hydrogens (tertiary/aromatic N) is 3. The first-order valence-electron chi connectivity index (χ1n) is 18.7. The van der Waals surface area contributed by atoms with E-state index in [9.17, 15) is 9.59 Å². The van der Waals surface area contributed by atoms with Crippen LogP contribution in [-0.4, -0.2) is 121 Å². The minimum atomic E-state index is -1.95. The van der Waals surface area contributed by atoms with Crippen molar-refractivity contribution in [3.8, 4) is 0 Å². The van der Waals surface area contributed by atoms with E-state index in [0.29, 0.717) is 92.1 Å². The van der Waals surface area contributed by atoms with Gasteiger partial charge in [-0.05, 0) is 85.8 Å². The van der Waals surface area contributed by atoms with Crippen molar-refractivity contribution in [2.45, 2.75) is 70.4 Å². The van der Waals surface area contributed by atoms with Crippen LogP contribution in [0.2, 0.25) is 38.3 Å². The summed E-state index contributed by atoms with van der Waals surface area (Å²) in [5.41, 5.74) is 12.8. The highest BCUT2D eigenvalue weighted by molar-refractivity contribution is 6.84. The number of nitrogens with one attached hydrogen (secondary N) is 2. The summed E-state index contributed by atoms with van der Waals surface area (Å²) in [5, 5.41) is 9.21. The van der Waals surface area contributed by atoms with Crippen molar-refractivity contribution >= 4 is 34.2 Å². The molecular weight excluding hydrogens is 715 g/mol. The van der Waals surface area contributed by atoms with Crippen molar-refractivity contribution in [1.82, 2.24) is 10.6 Å². The second-order valence-electron chi connectivity index (χ2n) is 13.9. The van der Waals surface area contributed by atoms with E-state index >= 15 is 0 Å². The predicted octanol–water partition coefficient (Wildman–Crippen LogP) is 6.58. The van der Waals surface area contributed by atoms with E-state index in [4.69, 9.17) is 38.1 Å². The second kappa shape index (κ2) is 26.7. The Bertz CT molecular complexity index is 1330. The van der Waals surface area contributed by atoms with Crippen molar-refractivity contribution in [2.75, 3.05) is 92.3 Å². The van der Waals surface area contributed by atoms with Gasteiger partial charge in [0.2, 0.25) is 5.91 Å². The summed E-state index contributed by atoms with van der Waals surface area (Å²) >= 11 is 0. The van der Waals surface area contributed by atoms with E-state index < -0.39 is 22.7 Å². The van der Waals surface area contributed by atoms with Crippen LogP contribution in [0.4, 0.5) is 4.79 Å². The third kappa shape index (κ3) is 20.3. The Morgan fingerprint density at radius 3 is 2.00 bits per heavy atom. The zero-order valence-electron chi connectivity index (χ0n) is 32.6. The molecule has 298 valence electrons. The molecule has 0 aromatic heterocycles. The molecule has 0 spiro atoms. The molecule has 14 nitrogen and oxygen atoms in total. The Hall–Kier alpha value is -3.06. The lowest BCUT2D eigenvalue weighted by Gasteiger charge is -2.34. The number of carbonyl (C=O) groups is 2. The van der Waals surface area contributed by atoms with Gasteiger partial charge >= 0.3 is 6.09 Å². The molecule has 0 aliphatic heterocycles. The lowest BCUT2D eigenvalue weighted by molar-refractivity contribution is -0.121. The Balaban J connectivity index is 1.43. The summed E-state index contributed by atoms with van der Waals surface area (Å²) in [4.78, 5) is 27.5. The SMILES string of the molecule is C=CC1=C(C)c2ccccc2C1COC(=O)NCCC[Si](C)(C)O[Si](C)(C)CCCC(=O)NCCOCCOCCOCCOCCOCCN=[N+]=[N-]. The van der Waals surface area contributed by atoms with Crippen LogP contribution in [0.25, 0.3) is 16.0 Å². The van der Waals surface area contributed by atoms with Gasteiger partial charge in [0, 0.05) is 36.9 Å². The molecule has 0 fully saturated rings. The number of azide groups is 1. The number of benzene rings is 1. The van der Waals surface area contributed by atoms with Crippen molar-refractivity contribution in [2.24, 2.45) is 5.11 Å². The summed E-state index contributed by atoms with van der Waals surface area (Å²) in [6, 6.07) is 10.1. The molecule has 0 saturated carbocycles. The van der Waals surface area contributed by atoms with E-state index in [2.05, 4.69) is 72.5 Å². The van der Waals surface area contributed by atoms with Gasteiger partial charge in [0.1, 0.15) is 6.61 Å². The van der Waals surface area contributed by atoms with E-state index in [1.165, 1.54) is 16.7 Å². The Kier molecular flexibility index (Phi) is 23.2. The molecule has 0 bridgehead atoms. The van der Waals surface area contributed by atoms with Crippen molar-refractivity contribution < 1.29 is 42.1 Å². The first-order valence-corrected chi connectivity index (χ1v) is 24.9. The topological polar surface area (TPSA) is 172 Å². The fourth-order valence-electron chi connectivity index (χ4n) is 6.12. The summed E-state index contributed by atoms with van der Waals surface area (Å²) in [6.45, 7) is 21.0. The molecule has 2 rings (SSSR count). The van der Waals surface area contributed by atoms with Gasteiger partial charge in [0.05, 0.1) is 66.1 Å².